The van der Waals surface area contributed by atoms with Gasteiger partial charge in [-0.15, -0.1) is 0 Å². The minimum absolute atomic E-state index is 0.100. The van der Waals surface area contributed by atoms with E-state index in [1.807, 2.05) is 12.1 Å². The molecule has 144 valence electrons. The molecule has 1 atom stereocenters. The highest BCUT2D eigenvalue weighted by Crippen LogP contribution is 2.26. The maximum absolute atomic E-state index is 12.7. The van der Waals surface area contributed by atoms with Crippen molar-refractivity contribution in [3.05, 3.63) is 52.6 Å². The normalized spacial score (nSPS) is 16.4. The maximum Gasteiger partial charge on any atom is 0.264 e. The molecule has 3 N–H and O–H groups in total. The largest absolute Gasteiger partial charge is 0.390 e. The molecule has 2 aromatic heterocycles. The van der Waals surface area contributed by atoms with Crippen LogP contribution in [0.1, 0.15) is 12.0 Å². The summed E-state index contributed by atoms with van der Waals surface area (Å²) in [6.07, 6.45) is 2.36. The predicted octanol–water partition coefficient (Wildman–Crippen LogP) is 1.56. The highest BCUT2D eigenvalue weighted by molar-refractivity contribution is 5.99. The molecular formula is C20H21N5O3. The van der Waals surface area contributed by atoms with Crippen molar-refractivity contribution in [2.75, 3.05) is 25.1 Å². The number of fused-ring (bicyclic) bond motifs is 1. The third kappa shape index (κ3) is 3.39. The Bertz CT molecular complexity index is 1090. The lowest BCUT2D eigenvalue weighted by molar-refractivity contribution is 0.195. The summed E-state index contributed by atoms with van der Waals surface area (Å²) in [7, 11) is 1.67. The molecule has 0 unspecified atom stereocenters. The van der Waals surface area contributed by atoms with Gasteiger partial charge in [0.15, 0.2) is 0 Å². The number of ether oxygens (including phenoxy) is 1. The third-order valence-corrected chi connectivity index (χ3v) is 4.86. The summed E-state index contributed by atoms with van der Waals surface area (Å²) in [5.74, 6) is 0.504. The summed E-state index contributed by atoms with van der Waals surface area (Å²) in [5, 5.41) is 20.7. The molecule has 0 bridgehead atoms. The molecule has 3 heterocycles. The van der Waals surface area contributed by atoms with Gasteiger partial charge < -0.3 is 25.1 Å². The highest BCUT2D eigenvalue weighted by Gasteiger charge is 2.20. The van der Waals surface area contributed by atoms with Crippen LogP contribution < -0.4 is 10.9 Å². The number of hydrogen-bond acceptors (Lipinski definition) is 7. The fourth-order valence-corrected chi connectivity index (χ4v) is 3.25. The van der Waals surface area contributed by atoms with Crippen molar-refractivity contribution in [1.82, 2.24) is 14.5 Å². The first-order valence-electron chi connectivity index (χ1n) is 9.06. The summed E-state index contributed by atoms with van der Waals surface area (Å²) >= 11 is 0. The minimum Gasteiger partial charge on any atom is -0.390 e. The minimum atomic E-state index is -0.307. The summed E-state index contributed by atoms with van der Waals surface area (Å²) in [4.78, 5) is 21.8. The van der Waals surface area contributed by atoms with Crippen LogP contribution >= 0.6 is 0 Å². The highest BCUT2D eigenvalue weighted by atomic mass is 16.5. The van der Waals surface area contributed by atoms with Crippen LogP contribution in [0.3, 0.4) is 0 Å². The van der Waals surface area contributed by atoms with Crippen molar-refractivity contribution in [2.45, 2.75) is 12.5 Å². The van der Waals surface area contributed by atoms with Crippen molar-refractivity contribution in [3.63, 3.8) is 0 Å². The number of aliphatic hydroxyl groups excluding tert-OH is 1. The molecule has 0 amide bonds. The smallest absolute Gasteiger partial charge is 0.264 e. The molecule has 0 saturated carbocycles. The van der Waals surface area contributed by atoms with Gasteiger partial charge in [-0.25, -0.2) is 9.97 Å². The van der Waals surface area contributed by atoms with Gasteiger partial charge in [-0.1, -0.05) is 24.3 Å². The molecule has 1 aliphatic heterocycles. The molecule has 8 nitrogen and oxygen atoms in total. The van der Waals surface area contributed by atoms with Crippen molar-refractivity contribution in [1.29, 1.82) is 5.41 Å². The zero-order chi connectivity index (χ0) is 19.7. The van der Waals surface area contributed by atoms with Crippen molar-refractivity contribution in [2.24, 2.45) is 7.05 Å². The Morgan fingerprint density at radius 1 is 1.39 bits per heavy atom. The standard InChI is InChI=1S/C20H21N5O3/c1-25-11-22-17-8-16(13-4-2-12(3-5-13)15(21)9-26)24-19(18(17)20(25)27)23-14-6-7-28-10-14/h2-5,8,11,14,21,26H,6-7,9-10H2,1H3,(H,23,24)/t14-/m1/s1. The van der Waals surface area contributed by atoms with E-state index in [2.05, 4.69) is 10.3 Å². The Morgan fingerprint density at radius 3 is 2.86 bits per heavy atom. The van der Waals surface area contributed by atoms with E-state index in [9.17, 15) is 4.79 Å². The van der Waals surface area contributed by atoms with Crippen LogP contribution in [-0.2, 0) is 11.8 Å². The second-order valence-electron chi connectivity index (χ2n) is 6.83. The van der Waals surface area contributed by atoms with E-state index in [1.165, 1.54) is 10.9 Å². The van der Waals surface area contributed by atoms with E-state index in [0.29, 0.717) is 41.2 Å². The molecule has 28 heavy (non-hydrogen) atoms. The molecule has 0 aliphatic carbocycles. The summed E-state index contributed by atoms with van der Waals surface area (Å²) in [6, 6.07) is 9.13. The first kappa shape index (κ1) is 18.3. The topological polar surface area (TPSA) is 113 Å². The van der Waals surface area contributed by atoms with Crippen LogP contribution in [0.4, 0.5) is 5.82 Å². The molecule has 8 heteroatoms. The van der Waals surface area contributed by atoms with E-state index in [1.54, 1.807) is 25.2 Å². The number of aryl methyl sites for hydroxylation is 1. The molecular weight excluding hydrogens is 358 g/mol. The average Bonchev–Trinajstić information content (AvgIpc) is 3.23. The first-order valence-corrected chi connectivity index (χ1v) is 9.06. The maximum atomic E-state index is 12.7. The van der Waals surface area contributed by atoms with Crippen molar-refractivity contribution in [3.8, 4) is 11.3 Å². The van der Waals surface area contributed by atoms with Crippen LogP contribution in [0.25, 0.3) is 22.2 Å². The number of hydrogen-bond donors (Lipinski definition) is 3. The van der Waals surface area contributed by atoms with Gasteiger partial charge in [0, 0.05) is 19.2 Å². The molecule has 4 rings (SSSR count). The fraction of sp³-hybridized carbons (Fsp3) is 0.300. The molecule has 0 spiro atoms. The third-order valence-electron chi connectivity index (χ3n) is 4.86. The Labute approximate surface area is 161 Å². The zero-order valence-corrected chi connectivity index (χ0v) is 15.5. The van der Waals surface area contributed by atoms with E-state index in [0.717, 1.165) is 12.0 Å². The molecule has 0 radical (unpaired) electrons. The number of rotatable bonds is 5. The van der Waals surface area contributed by atoms with E-state index in [4.69, 9.17) is 20.2 Å². The van der Waals surface area contributed by atoms with Gasteiger partial charge in [-0.2, -0.15) is 0 Å². The quantitative estimate of drug-likeness (QED) is 0.580. The SMILES string of the molecule is Cn1cnc2cc(-c3ccc(C(=N)CO)cc3)nc(N[C@@H]3CCOC3)c2c1=O. The Morgan fingerprint density at radius 2 is 2.18 bits per heavy atom. The number of pyridine rings is 1. The second kappa shape index (κ2) is 7.49. The monoisotopic (exact) mass is 379 g/mol. The first-order chi connectivity index (χ1) is 13.6. The van der Waals surface area contributed by atoms with Crippen LogP contribution in [0, 0.1) is 5.41 Å². The zero-order valence-electron chi connectivity index (χ0n) is 15.5. The fourth-order valence-electron chi connectivity index (χ4n) is 3.25. The Kier molecular flexibility index (Phi) is 4.89. The Hall–Kier alpha value is -3.10. The van der Waals surface area contributed by atoms with Crippen LogP contribution in [0.15, 0.2) is 41.5 Å². The van der Waals surface area contributed by atoms with Gasteiger partial charge in [0.25, 0.3) is 5.56 Å². The van der Waals surface area contributed by atoms with Gasteiger partial charge >= 0.3 is 0 Å². The number of aliphatic hydroxyl groups is 1. The number of nitrogens with one attached hydrogen (secondary N) is 2. The number of aromatic nitrogens is 3. The van der Waals surface area contributed by atoms with Crippen LogP contribution in [-0.4, -0.2) is 51.2 Å². The van der Waals surface area contributed by atoms with Gasteiger partial charge in [0.05, 0.1) is 42.5 Å². The van der Waals surface area contributed by atoms with Crippen molar-refractivity contribution >= 4 is 22.4 Å². The molecule has 1 saturated heterocycles. The molecule has 1 aliphatic rings. The molecule has 1 fully saturated rings. The van der Waals surface area contributed by atoms with Gasteiger partial charge in [-0.05, 0) is 18.1 Å². The van der Waals surface area contributed by atoms with E-state index >= 15 is 0 Å². The lowest BCUT2D eigenvalue weighted by Gasteiger charge is -2.15. The number of nitrogens with zero attached hydrogens (tertiary/aromatic N) is 3. The lowest BCUT2D eigenvalue weighted by Crippen LogP contribution is -2.24. The van der Waals surface area contributed by atoms with Crippen LogP contribution in [0.2, 0.25) is 0 Å². The molecule has 3 aromatic rings. The number of benzene rings is 1. The Balaban J connectivity index is 1.82. The summed E-state index contributed by atoms with van der Waals surface area (Å²) in [5.41, 5.74) is 2.74. The second-order valence-corrected chi connectivity index (χ2v) is 6.83. The lowest BCUT2D eigenvalue weighted by atomic mass is 10.0. The summed E-state index contributed by atoms with van der Waals surface area (Å²) < 4.78 is 6.87. The van der Waals surface area contributed by atoms with E-state index in [-0.39, 0.29) is 23.9 Å². The van der Waals surface area contributed by atoms with Gasteiger partial charge in [-0.3, -0.25) is 4.79 Å². The average molecular weight is 379 g/mol. The summed E-state index contributed by atoms with van der Waals surface area (Å²) in [6.45, 7) is 0.952. The van der Waals surface area contributed by atoms with Crippen molar-refractivity contribution < 1.29 is 9.84 Å². The van der Waals surface area contributed by atoms with Crippen LogP contribution in [0.5, 0.6) is 0 Å². The van der Waals surface area contributed by atoms with Gasteiger partial charge in [0.2, 0.25) is 0 Å². The predicted molar refractivity (Wildman–Crippen MR) is 107 cm³/mol. The number of anilines is 1. The molecule has 1 aromatic carbocycles. The van der Waals surface area contributed by atoms with E-state index < -0.39 is 0 Å². The van der Waals surface area contributed by atoms with Gasteiger partial charge in [0.1, 0.15) is 11.2 Å².